The summed E-state index contributed by atoms with van der Waals surface area (Å²) in [5.74, 6) is 0.875. The number of hydrogen-bond acceptors (Lipinski definition) is 2. The van der Waals surface area contributed by atoms with Crippen molar-refractivity contribution in [2.75, 3.05) is 7.05 Å². The SMILES string of the molecule is CN=C(NCc1c(C)cc(C)cc1C)NC1CC2CCC1O2. The second-order valence-corrected chi connectivity index (χ2v) is 6.66. The molecule has 0 radical (unpaired) electrons. The van der Waals surface area contributed by atoms with Crippen LogP contribution in [0, 0.1) is 20.8 Å². The highest BCUT2D eigenvalue weighted by Crippen LogP contribution is 2.34. The Morgan fingerprint density at radius 1 is 1.23 bits per heavy atom. The normalized spacial score (nSPS) is 27.3. The second-order valence-electron chi connectivity index (χ2n) is 6.66. The summed E-state index contributed by atoms with van der Waals surface area (Å²) in [5.41, 5.74) is 5.35. The molecule has 3 atom stereocenters. The highest BCUT2D eigenvalue weighted by molar-refractivity contribution is 5.80. The lowest BCUT2D eigenvalue weighted by molar-refractivity contribution is 0.0992. The number of aryl methyl sites for hydroxylation is 3. The van der Waals surface area contributed by atoms with Crippen molar-refractivity contribution in [3.8, 4) is 0 Å². The Hall–Kier alpha value is -1.55. The van der Waals surface area contributed by atoms with E-state index in [1.807, 2.05) is 7.05 Å². The van der Waals surface area contributed by atoms with Crippen molar-refractivity contribution in [2.45, 2.75) is 64.8 Å². The molecular formula is C18H27N3O. The lowest BCUT2D eigenvalue weighted by Crippen LogP contribution is -2.47. The highest BCUT2D eigenvalue weighted by Gasteiger charge is 2.41. The summed E-state index contributed by atoms with van der Waals surface area (Å²) in [6.07, 6.45) is 4.33. The number of aliphatic imine (C=N–C) groups is 1. The van der Waals surface area contributed by atoms with Crippen LogP contribution in [0.5, 0.6) is 0 Å². The average molecular weight is 301 g/mol. The zero-order chi connectivity index (χ0) is 15.7. The van der Waals surface area contributed by atoms with Gasteiger partial charge in [0.25, 0.3) is 0 Å². The maximum Gasteiger partial charge on any atom is 0.191 e. The van der Waals surface area contributed by atoms with E-state index in [-0.39, 0.29) is 0 Å². The monoisotopic (exact) mass is 301 g/mol. The van der Waals surface area contributed by atoms with Crippen molar-refractivity contribution in [3.05, 3.63) is 34.4 Å². The molecule has 4 nitrogen and oxygen atoms in total. The van der Waals surface area contributed by atoms with E-state index < -0.39 is 0 Å². The zero-order valence-electron chi connectivity index (χ0n) is 14.1. The molecule has 1 aromatic rings. The molecule has 0 amide bonds. The Morgan fingerprint density at radius 3 is 2.50 bits per heavy atom. The smallest absolute Gasteiger partial charge is 0.191 e. The minimum absolute atomic E-state index is 0.367. The first-order valence-electron chi connectivity index (χ1n) is 8.26. The average Bonchev–Trinajstić information content (AvgIpc) is 3.07. The molecule has 3 unspecified atom stereocenters. The second kappa shape index (κ2) is 6.29. The van der Waals surface area contributed by atoms with Crippen LogP contribution in [0.25, 0.3) is 0 Å². The number of hydrogen-bond donors (Lipinski definition) is 2. The fourth-order valence-corrected chi connectivity index (χ4v) is 3.82. The minimum Gasteiger partial charge on any atom is -0.373 e. The van der Waals surface area contributed by atoms with Crippen molar-refractivity contribution in [1.29, 1.82) is 0 Å². The highest BCUT2D eigenvalue weighted by atomic mass is 16.5. The molecule has 2 heterocycles. The molecule has 0 aromatic heterocycles. The van der Waals surface area contributed by atoms with Gasteiger partial charge >= 0.3 is 0 Å². The first-order valence-corrected chi connectivity index (χ1v) is 8.26. The molecule has 2 saturated heterocycles. The van der Waals surface area contributed by atoms with Gasteiger partial charge in [0, 0.05) is 13.6 Å². The summed E-state index contributed by atoms with van der Waals surface area (Å²) in [5, 5.41) is 6.99. The van der Waals surface area contributed by atoms with E-state index in [0.29, 0.717) is 18.2 Å². The maximum atomic E-state index is 5.90. The molecule has 2 aliphatic rings. The van der Waals surface area contributed by atoms with E-state index in [0.717, 1.165) is 18.9 Å². The summed E-state index contributed by atoms with van der Waals surface area (Å²) in [4.78, 5) is 4.37. The summed E-state index contributed by atoms with van der Waals surface area (Å²) < 4.78 is 5.90. The minimum atomic E-state index is 0.367. The van der Waals surface area contributed by atoms with Gasteiger partial charge in [-0.1, -0.05) is 17.7 Å². The summed E-state index contributed by atoms with van der Waals surface area (Å²) >= 11 is 0. The third-order valence-electron chi connectivity index (χ3n) is 4.92. The fourth-order valence-electron chi connectivity index (χ4n) is 3.82. The van der Waals surface area contributed by atoms with E-state index >= 15 is 0 Å². The standard InChI is InChI=1S/C18H27N3O/c1-11-7-12(2)15(13(3)8-11)10-20-18(19-4)21-16-9-14-5-6-17(16)22-14/h7-8,14,16-17H,5-6,9-10H2,1-4H3,(H2,19,20,21). The maximum absolute atomic E-state index is 5.90. The van der Waals surface area contributed by atoms with Gasteiger partial charge in [0.1, 0.15) is 0 Å². The van der Waals surface area contributed by atoms with Crippen molar-refractivity contribution >= 4 is 5.96 Å². The molecule has 120 valence electrons. The Kier molecular flexibility index (Phi) is 4.39. The van der Waals surface area contributed by atoms with Gasteiger partial charge in [-0.25, -0.2) is 0 Å². The molecule has 0 spiro atoms. The Labute approximate surface area is 133 Å². The van der Waals surface area contributed by atoms with Gasteiger partial charge < -0.3 is 15.4 Å². The molecule has 2 bridgehead atoms. The van der Waals surface area contributed by atoms with Crippen LogP contribution in [-0.2, 0) is 11.3 Å². The number of benzene rings is 1. The first-order chi connectivity index (χ1) is 10.6. The van der Waals surface area contributed by atoms with Crippen molar-refractivity contribution < 1.29 is 4.74 Å². The summed E-state index contributed by atoms with van der Waals surface area (Å²) in [6.45, 7) is 7.31. The van der Waals surface area contributed by atoms with E-state index in [2.05, 4.69) is 48.5 Å². The van der Waals surface area contributed by atoms with Gasteiger partial charge in [-0.15, -0.1) is 0 Å². The third kappa shape index (κ3) is 3.12. The van der Waals surface area contributed by atoms with Crippen LogP contribution >= 0.6 is 0 Å². The largest absolute Gasteiger partial charge is 0.373 e. The van der Waals surface area contributed by atoms with Crippen molar-refractivity contribution in [2.24, 2.45) is 4.99 Å². The van der Waals surface area contributed by atoms with Gasteiger partial charge in [-0.2, -0.15) is 0 Å². The number of guanidine groups is 1. The third-order valence-corrected chi connectivity index (χ3v) is 4.92. The number of fused-ring (bicyclic) bond motifs is 2. The Morgan fingerprint density at radius 2 is 1.95 bits per heavy atom. The lowest BCUT2D eigenvalue weighted by Gasteiger charge is -2.23. The molecule has 2 fully saturated rings. The Bertz CT molecular complexity index is 559. The molecule has 3 rings (SSSR count). The van der Waals surface area contributed by atoms with E-state index in [9.17, 15) is 0 Å². The first kappa shape index (κ1) is 15.3. The van der Waals surface area contributed by atoms with Crippen LogP contribution in [0.2, 0.25) is 0 Å². The predicted molar refractivity (Wildman–Crippen MR) is 90.3 cm³/mol. The van der Waals surface area contributed by atoms with Crippen LogP contribution in [0.15, 0.2) is 17.1 Å². The Balaban J connectivity index is 1.60. The molecule has 22 heavy (non-hydrogen) atoms. The topological polar surface area (TPSA) is 45.7 Å². The molecule has 4 heteroatoms. The summed E-state index contributed by atoms with van der Waals surface area (Å²) in [6, 6.07) is 4.89. The van der Waals surface area contributed by atoms with Gasteiger partial charge in [0.15, 0.2) is 5.96 Å². The fraction of sp³-hybridized carbons (Fsp3) is 0.611. The van der Waals surface area contributed by atoms with E-state index in [1.165, 1.54) is 35.1 Å². The number of ether oxygens (including phenoxy) is 1. The van der Waals surface area contributed by atoms with Crippen LogP contribution in [0.3, 0.4) is 0 Å². The van der Waals surface area contributed by atoms with Crippen LogP contribution in [0.1, 0.15) is 41.5 Å². The van der Waals surface area contributed by atoms with Crippen LogP contribution < -0.4 is 10.6 Å². The zero-order valence-corrected chi connectivity index (χ0v) is 14.1. The molecule has 2 aliphatic heterocycles. The van der Waals surface area contributed by atoms with Crippen molar-refractivity contribution in [3.63, 3.8) is 0 Å². The van der Waals surface area contributed by atoms with Crippen molar-refractivity contribution in [1.82, 2.24) is 10.6 Å². The van der Waals surface area contributed by atoms with Gasteiger partial charge in [0.2, 0.25) is 0 Å². The van der Waals surface area contributed by atoms with Gasteiger partial charge in [-0.3, -0.25) is 4.99 Å². The lowest BCUT2D eigenvalue weighted by atomic mass is 9.96. The van der Waals surface area contributed by atoms with Crippen LogP contribution in [-0.4, -0.2) is 31.3 Å². The van der Waals surface area contributed by atoms with Gasteiger partial charge in [0.05, 0.1) is 18.2 Å². The summed E-state index contributed by atoms with van der Waals surface area (Å²) in [7, 11) is 1.83. The molecular weight excluding hydrogens is 274 g/mol. The molecule has 0 aliphatic carbocycles. The number of nitrogens with zero attached hydrogens (tertiary/aromatic N) is 1. The van der Waals surface area contributed by atoms with E-state index in [4.69, 9.17) is 4.74 Å². The molecule has 1 aromatic carbocycles. The van der Waals surface area contributed by atoms with Gasteiger partial charge in [-0.05, 0) is 56.7 Å². The molecule has 0 saturated carbocycles. The molecule has 2 N–H and O–H groups in total. The quantitative estimate of drug-likeness (QED) is 0.666. The number of rotatable bonds is 3. The predicted octanol–water partition coefficient (Wildman–Crippen LogP) is 2.60. The van der Waals surface area contributed by atoms with Crippen LogP contribution in [0.4, 0.5) is 0 Å². The number of nitrogens with one attached hydrogen (secondary N) is 2. The van der Waals surface area contributed by atoms with E-state index in [1.54, 1.807) is 0 Å².